The summed E-state index contributed by atoms with van der Waals surface area (Å²) >= 11 is 0.171. The van der Waals surface area contributed by atoms with Gasteiger partial charge in [0.15, 0.2) is 0 Å². The van der Waals surface area contributed by atoms with Crippen molar-refractivity contribution in [3.63, 3.8) is 0 Å². The van der Waals surface area contributed by atoms with Crippen molar-refractivity contribution in [2.24, 2.45) is 0 Å². The summed E-state index contributed by atoms with van der Waals surface area (Å²) < 4.78 is 14.5. The lowest BCUT2D eigenvalue weighted by Gasteiger charge is -1.89. The number of hydrogen-bond donors (Lipinski definition) is 0. The van der Waals surface area contributed by atoms with E-state index in [-0.39, 0.29) is 26.5 Å². The first-order valence-corrected chi connectivity index (χ1v) is 6.30. The molecule has 0 atom stereocenters. The summed E-state index contributed by atoms with van der Waals surface area (Å²) in [6.07, 6.45) is 0. The molecule has 0 amide bonds. The van der Waals surface area contributed by atoms with Gasteiger partial charge >= 0.3 is 0 Å². The molecule has 0 nitrogen and oxygen atoms in total. The second kappa shape index (κ2) is 3.81. The maximum Gasteiger partial charge on any atom is 0.123 e. The molecule has 0 aliphatic carbocycles. The van der Waals surface area contributed by atoms with Crippen molar-refractivity contribution < 1.29 is 4.39 Å². The van der Waals surface area contributed by atoms with Gasteiger partial charge in [-0.2, -0.15) is 0 Å². The van der Waals surface area contributed by atoms with Gasteiger partial charge in [0.05, 0.1) is 0 Å². The summed E-state index contributed by atoms with van der Waals surface area (Å²) in [5.74, 6) is -0.161. The average Bonchev–Trinajstić information content (AvgIpc) is 1.95. The Hall–Kier alpha value is -0.250. The van der Waals surface area contributed by atoms with Crippen molar-refractivity contribution in [1.82, 2.24) is 0 Å². The van der Waals surface area contributed by atoms with Crippen LogP contribution in [0.15, 0.2) is 24.3 Å². The van der Waals surface area contributed by atoms with Crippen LogP contribution in [0.25, 0.3) is 0 Å². The summed E-state index contributed by atoms with van der Waals surface area (Å²) in [7, 11) is 0. The third-order valence-electron chi connectivity index (χ3n) is 1.11. The number of halogens is 2. The second-order valence-corrected chi connectivity index (χ2v) is 3.75. The molecule has 0 fully saturated rings. The zero-order valence-electron chi connectivity index (χ0n) is 5.64. The molecule has 0 aliphatic rings. The quantitative estimate of drug-likeness (QED) is 0.530. The minimum Gasteiger partial charge on any atom is -0.207 e. The minimum absolute atomic E-state index is 0.161. The monoisotopic (exact) mass is 250 g/mol. The van der Waals surface area contributed by atoms with Gasteiger partial charge in [-0.1, -0.05) is 12.1 Å². The predicted molar refractivity (Wildman–Crippen MR) is 51.5 cm³/mol. The van der Waals surface area contributed by atoms with Gasteiger partial charge in [-0.05, 0) is 26.6 Å². The smallest absolute Gasteiger partial charge is 0.123 e. The van der Waals surface area contributed by atoms with Gasteiger partial charge in [-0.15, -0.1) is 20.7 Å². The highest BCUT2D eigenvalue weighted by atomic mass is 127. The van der Waals surface area contributed by atoms with Gasteiger partial charge < -0.3 is 0 Å². The summed E-state index contributed by atoms with van der Waals surface area (Å²) in [5, 5.41) is 0. The lowest BCUT2D eigenvalue weighted by atomic mass is 10.2. The Morgan fingerprint density at radius 3 is 2.40 bits per heavy atom. The third-order valence-corrected chi connectivity index (χ3v) is 2.45. The lowest BCUT2D eigenvalue weighted by Crippen LogP contribution is -1.77. The van der Waals surface area contributed by atoms with Gasteiger partial charge in [0.2, 0.25) is 0 Å². The summed E-state index contributed by atoms with van der Waals surface area (Å²) in [6.45, 7) is 0. The summed E-state index contributed by atoms with van der Waals surface area (Å²) in [5.41, 5.74) is 1.14. The van der Waals surface area contributed by atoms with Crippen LogP contribution in [-0.2, 0) is 0 Å². The fourth-order valence-electron chi connectivity index (χ4n) is 0.662. The van der Waals surface area contributed by atoms with Crippen molar-refractivity contribution in [2.75, 3.05) is 4.93 Å². The summed E-state index contributed by atoms with van der Waals surface area (Å²) in [4.78, 5) is 2.17. The fraction of sp³-hybridized carbons (Fsp3) is 0.125. The van der Waals surface area contributed by atoms with Crippen molar-refractivity contribution in [3.8, 4) is 0 Å². The molecular formula is C8H8FI. The number of alkyl halides is 1. The topological polar surface area (TPSA) is 0 Å². The highest BCUT2D eigenvalue weighted by Gasteiger charge is 1.86. The average molecular weight is 250 g/mol. The van der Waals surface area contributed by atoms with Gasteiger partial charge in [0, 0.05) is 0 Å². The Kier molecular flexibility index (Phi) is 2.99. The highest BCUT2D eigenvalue weighted by molar-refractivity contribution is 14.2. The van der Waals surface area contributed by atoms with E-state index in [1.165, 1.54) is 12.1 Å². The van der Waals surface area contributed by atoms with E-state index >= 15 is 0 Å². The number of benzene rings is 1. The van der Waals surface area contributed by atoms with Crippen molar-refractivity contribution >= 4 is 24.7 Å². The van der Waals surface area contributed by atoms with Crippen LogP contribution in [0, 0.1) is 5.82 Å². The van der Waals surface area contributed by atoms with Gasteiger partial charge in [0.1, 0.15) is 5.82 Å². The lowest BCUT2D eigenvalue weighted by molar-refractivity contribution is 0.628. The first kappa shape index (κ1) is 7.85. The molecule has 0 aromatic heterocycles. The standard InChI is InChI=1S/C8H8FI/c1-10-6-7-2-4-8(9)5-3-7/h2-6H,1H3. The van der Waals surface area contributed by atoms with Crippen LogP contribution in [-0.4, -0.2) is 8.94 Å². The maximum absolute atomic E-state index is 12.3. The molecule has 0 N–H and O–H groups in total. The van der Waals surface area contributed by atoms with Crippen molar-refractivity contribution in [1.29, 1.82) is 0 Å². The van der Waals surface area contributed by atoms with E-state index in [4.69, 9.17) is 0 Å². The van der Waals surface area contributed by atoms with Gasteiger partial charge in [0.25, 0.3) is 0 Å². The van der Waals surface area contributed by atoms with Crippen LogP contribution < -0.4 is 0 Å². The van der Waals surface area contributed by atoms with Crippen molar-refractivity contribution in [2.45, 2.75) is 0 Å². The van der Waals surface area contributed by atoms with Crippen LogP contribution in [0.3, 0.4) is 0 Å². The molecule has 1 rings (SSSR count). The van der Waals surface area contributed by atoms with E-state index in [0.717, 1.165) is 5.56 Å². The molecule has 0 saturated heterocycles. The van der Waals surface area contributed by atoms with E-state index in [0.29, 0.717) is 0 Å². The van der Waals surface area contributed by atoms with Gasteiger partial charge in [-0.25, -0.2) is 4.39 Å². The SMILES string of the molecule is CI=Cc1ccc(F)cc1. The molecular weight excluding hydrogens is 242 g/mol. The molecule has 0 radical (unpaired) electrons. The van der Waals surface area contributed by atoms with E-state index in [1.807, 2.05) is 0 Å². The predicted octanol–water partition coefficient (Wildman–Crippen LogP) is 2.58. The third kappa shape index (κ3) is 2.17. The number of hydrogen-bond acceptors (Lipinski definition) is 0. The molecule has 2 heteroatoms. The Labute approximate surface area is 69.8 Å². The minimum atomic E-state index is -0.161. The van der Waals surface area contributed by atoms with E-state index in [2.05, 4.69) is 8.94 Å². The van der Waals surface area contributed by atoms with Crippen LogP contribution in [0.1, 0.15) is 5.56 Å². The molecule has 0 heterocycles. The van der Waals surface area contributed by atoms with Crippen molar-refractivity contribution in [3.05, 3.63) is 35.6 Å². The van der Waals surface area contributed by atoms with E-state index in [9.17, 15) is 4.39 Å². The Morgan fingerprint density at radius 2 is 1.90 bits per heavy atom. The normalized spacial score (nSPS) is 11.4. The van der Waals surface area contributed by atoms with E-state index < -0.39 is 0 Å². The number of rotatable bonds is 1. The molecule has 0 saturated carbocycles. The van der Waals surface area contributed by atoms with Gasteiger partial charge in [-0.3, -0.25) is 0 Å². The van der Waals surface area contributed by atoms with E-state index in [1.54, 1.807) is 12.1 Å². The zero-order valence-corrected chi connectivity index (χ0v) is 7.80. The largest absolute Gasteiger partial charge is 0.207 e. The molecule has 0 spiro atoms. The Bertz CT molecular complexity index is 226. The zero-order chi connectivity index (χ0) is 7.40. The Morgan fingerprint density at radius 1 is 1.30 bits per heavy atom. The molecule has 54 valence electrons. The van der Waals surface area contributed by atoms with Crippen LogP contribution in [0.2, 0.25) is 0 Å². The van der Waals surface area contributed by atoms with Crippen LogP contribution >= 0.6 is 20.7 Å². The fourth-order valence-corrected chi connectivity index (χ4v) is 1.80. The molecule has 1 aromatic rings. The first-order chi connectivity index (χ1) is 4.83. The summed E-state index contributed by atoms with van der Waals surface area (Å²) in [6, 6.07) is 6.59. The first-order valence-electron chi connectivity index (χ1n) is 2.90. The van der Waals surface area contributed by atoms with Crippen LogP contribution in [0.4, 0.5) is 4.39 Å². The molecule has 0 aliphatic heterocycles. The highest BCUT2D eigenvalue weighted by Crippen LogP contribution is 2.01. The molecule has 0 bridgehead atoms. The molecule has 0 unspecified atom stereocenters. The second-order valence-electron chi connectivity index (χ2n) is 1.88. The molecule has 10 heavy (non-hydrogen) atoms. The Balaban J connectivity index is 2.89. The molecule has 1 aromatic carbocycles. The van der Waals surface area contributed by atoms with Crippen LogP contribution in [0.5, 0.6) is 0 Å². The maximum atomic E-state index is 12.3.